The monoisotopic (exact) mass is 265 g/mol. The summed E-state index contributed by atoms with van der Waals surface area (Å²) < 4.78 is 0. The molecular weight excluding hydrogens is 238 g/mol. The van der Waals surface area contributed by atoms with Crippen LogP contribution in [0.25, 0.3) is 0 Å². The predicted molar refractivity (Wildman–Crippen MR) is 84.3 cm³/mol. The third-order valence-corrected chi connectivity index (χ3v) is 4.79. The van der Waals surface area contributed by atoms with E-state index in [0.717, 1.165) is 5.75 Å². The molecule has 0 aliphatic carbocycles. The SMILES string of the molecule is CCC(C)SCC(N)c1ccc(C(C)(C)C)cc1. The number of hydrogen-bond acceptors (Lipinski definition) is 2. The number of thioether (sulfide) groups is 1. The molecule has 1 rings (SSSR count). The predicted octanol–water partition coefficient (Wildman–Crippen LogP) is 4.52. The van der Waals surface area contributed by atoms with Crippen molar-refractivity contribution < 1.29 is 0 Å². The first-order valence-corrected chi connectivity index (χ1v) is 7.87. The zero-order valence-corrected chi connectivity index (χ0v) is 13.2. The van der Waals surface area contributed by atoms with Gasteiger partial charge in [0.25, 0.3) is 0 Å². The Bertz CT molecular complexity index is 350. The first-order valence-electron chi connectivity index (χ1n) is 6.82. The van der Waals surface area contributed by atoms with Crippen LogP contribution in [-0.2, 0) is 5.41 Å². The molecule has 0 aliphatic rings. The minimum atomic E-state index is 0.151. The zero-order chi connectivity index (χ0) is 13.8. The van der Waals surface area contributed by atoms with E-state index in [1.165, 1.54) is 17.5 Å². The van der Waals surface area contributed by atoms with Crippen molar-refractivity contribution in [2.24, 2.45) is 5.73 Å². The van der Waals surface area contributed by atoms with Gasteiger partial charge in [-0.25, -0.2) is 0 Å². The van der Waals surface area contributed by atoms with E-state index in [2.05, 4.69) is 58.9 Å². The van der Waals surface area contributed by atoms with E-state index >= 15 is 0 Å². The number of hydrogen-bond donors (Lipinski definition) is 1. The fraction of sp³-hybridized carbons (Fsp3) is 0.625. The molecule has 0 heterocycles. The van der Waals surface area contributed by atoms with E-state index in [0.29, 0.717) is 5.25 Å². The van der Waals surface area contributed by atoms with Gasteiger partial charge in [-0.05, 0) is 23.0 Å². The second-order valence-corrected chi connectivity index (χ2v) is 7.50. The van der Waals surface area contributed by atoms with Gasteiger partial charge < -0.3 is 5.73 Å². The van der Waals surface area contributed by atoms with Crippen molar-refractivity contribution in [3.05, 3.63) is 35.4 Å². The summed E-state index contributed by atoms with van der Waals surface area (Å²) >= 11 is 1.96. The number of benzene rings is 1. The lowest BCUT2D eigenvalue weighted by atomic mass is 9.86. The molecular formula is C16H27NS. The summed E-state index contributed by atoms with van der Waals surface area (Å²) in [6.07, 6.45) is 1.21. The summed E-state index contributed by atoms with van der Waals surface area (Å²) in [6, 6.07) is 8.94. The highest BCUT2D eigenvalue weighted by Crippen LogP contribution is 2.25. The molecule has 0 saturated carbocycles. The second-order valence-electron chi connectivity index (χ2n) is 6.03. The van der Waals surface area contributed by atoms with Crippen molar-refractivity contribution in [3.63, 3.8) is 0 Å². The van der Waals surface area contributed by atoms with Gasteiger partial charge in [-0.2, -0.15) is 11.8 Å². The molecule has 1 aromatic rings. The van der Waals surface area contributed by atoms with Crippen LogP contribution in [0, 0.1) is 0 Å². The molecule has 0 aromatic heterocycles. The van der Waals surface area contributed by atoms with Gasteiger partial charge in [-0.3, -0.25) is 0 Å². The Hall–Kier alpha value is -0.470. The van der Waals surface area contributed by atoms with Gasteiger partial charge in [0.1, 0.15) is 0 Å². The fourth-order valence-corrected chi connectivity index (χ4v) is 2.68. The maximum Gasteiger partial charge on any atom is 0.0386 e. The quantitative estimate of drug-likeness (QED) is 0.847. The molecule has 2 heteroatoms. The molecule has 2 N–H and O–H groups in total. The summed E-state index contributed by atoms with van der Waals surface area (Å²) in [5.41, 5.74) is 9.07. The highest BCUT2D eigenvalue weighted by molar-refractivity contribution is 7.99. The maximum atomic E-state index is 6.24. The second kappa shape index (κ2) is 6.63. The standard InChI is InChI=1S/C16H27NS/c1-6-12(2)18-11-15(17)13-7-9-14(10-8-13)16(3,4)5/h7-10,12,15H,6,11,17H2,1-5H3. The molecule has 0 radical (unpaired) electrons. The molecule has 0 spiro atoms. The average molecular weight is 265 g/mol. The molecule has 1 nitrogen and oxygen atoms in total. The van der Waals surface area contributed by atoms with Crippen molar-refractivity contribution in [1.82, 2.24) is 0 Å². The Balaban J connectivity index is 2.62. The van der Waals surface area contributed by atoms with Gasteiger partial charge in [0, 0.05) is 17.0 Å². The van der Waals surface area contributed by atoms with E-state index in [1.54, 1.807) is 0 Å². The molecule has 102 valence electrons. The van der Waals surface area contributed by atoms with Crippen LogP contribution in [0.15, 0.2) is 24.3 Å². The summed E-state index contributed by atoms with van der Waals surface area (Å²) in [7, 11) is 0. The summed E-state index contributed by atoms with van der Waals surface area (Å²) in [5.74, 6) is 1.00. The molecule has 2 unspecified atom stereocenters. The van der Waals surface area contributed by atoms with Crippen LogP contribution in [0.1, 0.15) is 58.2 Å². The van der Waals surface area contributed by atoms with Crippen LogP contribution in [-0.4, -0.2) is 11.0 Å². The molecule has 1 aromatic carbocycles. The van der Waals surface area contributed by atoms with Crippen LogP contribution in [0.2, 0.25) is 0 Å². The van der Waals surface area contributed by atoms with Crippen molar-refractivity contribution in [3.8, 4) is 0 Å². The van der Waals surface area contributed by atoms with E-state index in [-0.39, 0.29) is 11.5 Å². The van der Waals surface area contributed by atoms with Crippen molar-refractivity contribution >= 4 is 11.8 Å². The van der Waals surface area contributed by atoms with E-state index in [1.807, 2.05) is 11.8 Å². The third-order valence-electron chi connectivity index (χ3n) is 3.34. The van der Waals surface area contributed by atoms with E-state index < -0.39 is 0 Å². The maximum absolute atomic E-state index is 6.24. The lowest BCUT2D eigenvalue weighted by molar-refractivity contribution is 0.589. The average Bonchev–Trinajstić information content (AvgIpc) is 2.34. The van der Waals surface area contributed by atoms with Crippen molar-refractivity contribution in [2.45, 2.75) is 57.7 Å². The van der Waals surface area contributed by atoms with Gasteiger partial charge in [-0.15, -0.1) is 0 Å². The molecule has 2 atom stereocenters. The molecule has 0 aliphatic heterocycles. The van der Waals surface area contributed by atoms with Crippen LogP contribution in [0.5, 0.6) is 0 Å². The van der Waals surface area contributed by atoms with E-state index in [9.17, 15) is 0 Å². The van der Waals surface area contributed by atoms with Gasteiger partial charge in [0.2, 0.25) is 0 Å². The zero-order valence-electron chi connectivity index (χ0n) is 12.4. The molecule has 18 heavy (non-hydrogen) atoms. The van der Waals surface area contributed by atoms with Crippen LogP contribution < -0.4 is 5.73 Å². The molecule has 0 saturated heterocycles. The Morgan fingerprint density at radius 2 is 1.72 bits per heavy atom. The summed E-state index contributed by atoms with van der Waals surface area (Å²) in [5, 5.41) is 0.699. The minimum absolute atomic E-state index is 0.151. The topological polar surface area (TPSA) is 26.0 Å². The van der Waals surface area contributed by atoms with Gasteiger partial charge in [0.05, 0.1) is 0 Å². The highest BCUT2D eigenvalue weighted by atomic mass is 32.2. The number of nitrogens with two attached hydrogens (primary N) is 1. The summed E-state index contributed by atoms with van der Waals surface area (Å²) in [4.78, 5) is 0. The Morgan fingerprint density at radius 1 is 1.17 bits per heavy atom. The number of rotatable bonds is 5. The summed E-state index contributed by atoms with van der Waals surface area (Å²) in [6.45, 7) is 11.2. The lowest BCUT2D eigenvalue weighted by Crippen LogP contribution is -2.16. The Kier molecular flexibility index (Phi) is 5.74. The van der Waals surface area contributed by atoms with Crippen molar-refractivity contribution in [1.29, 1.82) is 0 Å². The molecule has 0 amide bonds. The fourth-order valence-electron chi connectivity index (χ4n) is 1.71. The minimum Gasteiger partial charge on any atom is -0.323 e. The first-order chi connectivity index (χ1) is 8.34. The van der Waals surface area contributed by atoms with Gasteiger partial charge >= 0.3 is 0 Å². The smallest absolute Gasteiger partial charge is 0.0386 e. The lowest BCUT2D eigenvalue weighted by Gasteiger charge is -2.20. The van der Waals surface area contributed by atoms with Crippen molar-refractivity contribution in [2.75, 3.05) is 5.75 Å². The van der Waals surface area contributed by atoms with Crippen LogP contribution >= 0.6 is 11.8 Å². The van der Waals surface area contributed by atoms with Gasteiger partial charge in [0.15, 0.2) is 0 Å². The first kappa shape index (κ1) is 15.6. The molecule has 0 bridgehead atoms. The van der Waals surface area contributed by atoms with E-state index in [4.69, 9.17) is 5.73 Å². The van der Waals surface area contributed by atoms with Gasteiger partial charge in [-0.1, -0.05) is 58.9 Å². The molecule has 0 fully saturated rings. The Labute approximate surface area is 117 Å². The Morgan fingerprint density at radius 3 is 2.17 bits per heavy atom. The largest absolute Gasteiger partial charge is 0.323 e. The van der Waals surface area contributed by atoms with Crippen LogP contribution in [0.4, 0.5) is 0 Å². The highest BCUT2D eigenvalue weighted by Gasteiger charge is 2.14. The third kappa shape index (κ3) is 4.66. The normalized spacial score (nSPS) is 15.4. The van der Waals surface area contributed by atoms with Crippen LogP contribution in [0.3, 0.4) is 0 Å².